The smallest absolute Gasteiger partial charge is 0.264 e. The average molecular weight is 389 g/mol. The normalized spacial score (nSPS) is 17.0. The molecular formula is C19H17ClN2O3S. The van der Waals surface area contributed by atoms with Crippen molar-refractivity contribution in [1.29, 1.82) is 0 Å². The van der Waals surface area contributed by atoms with Gasteiger partial charge in [-0.2, -0.15) is 0 Å². The molecule has 26 heavy (non-hydrogen) atoms. The number of amides is 1. The van der Waals surface area contributed by atoms with Crippen molar-refractivity contribution in [3.05, 3.63) is 57.5 Å². The Morgan fingerprint density at radius 2 is 2.08 bits per heavy atom. The van der Waals surface area contributed by atoms with Crippen LogP contribution in [0.1, 0.15) is 18.1 Å². The minimum Gasteiger partial charge on any atom is -0.504 e. The molecule has 1 aliphatic rings. The summed E-state index contributed by atoms with van der Waals surface area (Å²) in [5.74, 6) is 0.120. The Labute approximate surface area is 160 Å². The first-order valence-electron chi connectivity index (χ1n) is 7.99. The molecule has 0 unspecified atom stereocenters. The number of aliphatic imine (C=N–C) groups is 1. The maximum Gasteiger partial charge on any atom is 0.264 e. The third-order valence-corrected chi connectivity index (χ3v) is 5.05. The summed E-state index contributed by atoms with van der Waals surface area (Å²) in [7, 11) is 0. The molecule has 0 bridgehead atoms. The summed E-state index contributed by atoms with van der Waals surface area (Å²) in [5.41, 5.74) is 2.05. The van der Waals surface area contributed by atoms with Gasteiger partial charge in [0.15, 0.2) is 16.7 Å². The van der Waals surface area contributed by atoms with Gasteiger partial charge in [0.2, 0.25) is 0 Å². The Balaban J connectivity index is 1.89. The molecule has 2 N–H and O–H groups in total. The van der Waals surface area contributed by atoms with E-state index in [1.54, 1.807) is 30.3 Å². The number of benzene rings is 2. The minimum atomic E-state index is -0.269. The Morgan fingerprint density at radius 1 is 1.31 bits per heavy atom. The highest BCUT2D eigenvalue weighted by Crippen LogP contribution is 2.35. The molecule has 0 spiro atoms. The molecule has 0 aliphatic carbocycles. The number of halogens is 1. The maximum atomic E-state index is 12.2. The van der Waals surface area contributed by atoms with Crippen LogP contribution in [0.3, 0.4) is 0 Å². The molecular weight excluding hydrogens is 372 g/mol. The summed E-state index contributed by atoms with van der Waals surface area (Å²) in [5, 5.41) is 14.1. The van der Waals surface area contributed by atoms with E-state index in [4.69, 9.17) is 16.3 Å². The van der Waals surface area contributed by atoms with Gasteiger partial charge in [-0.25, -0.2) is 4.99 Å². The first kappa shape index (κ1) is 18.4. The van der Waals surface area contributed by atoms with Crippen LogP contribution in [0.15, 0.2) is 46.3 Å². The number of nitrogens with zero attached hydrogens (tertiary/aromatic N) is 1. The lowest BCUT2D eigenvalue weighted by Gasteiger charge is -2.07. The van der Waals surface area contributed by atoms with Gasteiger partial charge < -0.3 is 15.2 Å². The number of carbonyl (C=O) groups is 1. The molecule has 7 heteroatoms. The number of aromatic hydroxyl groups is 1. The van der Waals surface area contributed by atoms with Gasteiger partial charge >= 0.3 is 0 Å². The van der Waals surface area contributed by atoms with Gasteiger partial charge in [-0.1, -0.05) is 29.8 Å². The third kappa shape index (κ3) is 3.86. The molecule has 3 rings (SSSR count). The monoisotopic (exact) mass is 388 g/mol. The van der Waals surface area contributed by atoms with Crippen molar-refractivity contribution in [3.63, 3.8) is 0 Å². The molecule has 5 nitrogen and oxygen atoms in total. The standard InChI is InChI=1S/C19H17ClN2O3S/c1-3-25-15-9-4-6-12(17(15)23)10-16-18(24)22-19(26-16)21-14-8-5-7-13(20)11(14)2/h4-10,23H,3H2,1-2H3,(H,21,22,24)/b16-10+. The first-order valence-corrected chi connectivity index (χ1v) is 9.18. The number of nitrogens with one attached hydrogen (secondary N) is 1. The van der Waals surface area contributed by atoms with Crippen LogP contribution in [-0.4, -0.2) is 22.8 Å². The highest BCUT2D eigenvalue weighted by atomic mass is 35.5. The molecule has 0 aromatic heterocycles. The summed E-state index contributed by atoms with van der Waals surface area (Å²) >= 11 is 7.31. The third-order valence-electron chi connectivity index (χ3n) is 3.73. The van der Waals surface area contributed by atoms with Crippen LogP contribution in [0.25, 0.3) is 6.08 Å². The van der Waals surface area contributed by atoms with Crippen LogP contribution in [0.4, 0.5) is 5.69 Å². The summed E-state index contributed by atoms with van der Waals surface area (Å²) in [6.45, 7) is 4.15. The van der Waals surface area contributed by atoms with Gasteiger partial charge in [-0.05, 0) is 55.4 Å². The highest BCUT2D eigenvalue weighted by molar-refractivity contribution is 8.18. The number of hydrogen-bond acceptors (Lipinski definition) is 5. The van der Waals surface area contributed by atoms with E-state index < -0.39 is 0 Å². The largest absolute Gasteiger partial charge is 0.504 e. The van der Waals surface area contributed by atoms with Gasteiger partial charge in [-0.3, -0.25) is 4.79 Å². The molecule has 134 valence electrons. The molecule has 0 atom stereocenters. The molecule has 2 aromatic rings. The van der Waals surface area contributed by atoms with E-state index in [-0.39, 0.29) is 11.7 Å². The fraction of sp³-hybridized carbons (Fsp3) is 0.158. The second-order valence-electron chi connectivity index (χ2n) is 5.49. The van der Waals surface area contributed by atoms with Crippen molar-refractivity contribution in [1.82, 2.24) is 5.32 Å². The number of phenols is 1. The van der Waals surface area contributed by atoms with Crippen molar-refractivity contribution >= 4 is 46.2 Å². The second kappa shape index (κ2) is 7.85. The maximum absolute atomic E-state index is 12.2. The predicted molar refractivity (Wildman–Crippen MR) is 106 cm³/mol. The molecule has 1 fully saturated rings. The summed E-state index contributed by atoms with van der Waals surface area (Å²) < 4.78 is 5.37. The van der Waals surface area contributed by atoms with Crippen molar-refractivity contribution < 1.29 is 14.6 Å². The van der Waals surface area contributed by atoms with Crippen LogP contribution in [0.5, 0.6) is 11.5 Å². The van der Waals surface area contributed by atoms with Crippen molar-refractivity contribution in [2.75, 3.05) is 6.61 Å². The van der Waals surface area contributed by atoms with E-state index in [0.29, 0.717) is 38.7 Å². The summed E-state index contributed by atoms with van der Waals surface area (Å²) in [4.78, 5) is 17.1. The van der Waals surface area contributed by atoms with Gasteiger partial charge in [0.05, 0.1) is 17.2 Å². The summed E-state index contributed by atoms with van der Waals surface area (Å²) in [6.07, 6.45) is 1.62. The van der Waals surface area contributed by atoms with E-state index in [2.05, 4.69) is 10.3 Å². The number of rotatable bonds is 4. The Morgan fingerprint density at radius 3 is 2.85 bits per heavy atom. The van der Waals surface area contributed by atoms with Crippen LogP contribution in [-0.2, 0) is 4.79 Å². The van der Waals surface area contributed by atoms with Crippen LogP contribution in [0, 0.1) is 6.92 Å². The zero-order valence-corrected chi connectivity index (χ0v) is 15.8. The second-order valence-corrected chi connectivity index (χ2v) is 6.93. The zero-order chi connectivity index (χ0) is 18.7. The van der Waals surface area contributed by atoms with Gasteiger partial charge in [0.25, 0.3) is 5.91 Å². The number of ether oxygens (including phenoxy) is 1. The number of hydrogen-bond donors (Lipinski definition) is 2. The van der Waals surface area contributed by atoms with E-state index >= 15 is 0 Å². The fourth-order valence-corrected chi connectivity index (χ4v) is 3.37. The molecule has 2 aromatic carbocycles. The van der Waals surface area contributed by atoms with E-state index in [1.807, 2.05) is 26.0 Å². The number of phenolic OH excluding ortho intramolecular Hbond substituents is 1. The zero-order valence-electron chi connectivity index (χ0n) is 14.2. The van der Waals surface area contributed by atoms with Crippen LogP contribution in [0.2, 0.25) is 5.02 Å². The quantitative estimate of drug-likeness (QED) is 0.748. The average Bonchev–Trinajstić information content (AvgIpc) is 2.95. The molecule has 0 radical (unpaired) electrons. The Bertz CT molecular complexity index is 925. The highest BCUT2D eigenvalue weighted by Gasteiger charge is 2.24. The van der Waals surface area contributed by atoms with Gasteiger partial charge in [-0.15, -0.1) is 0 Å². The van der Waals surface area contributed by atoms with Crippen molar-refractivity contribution in [2.24, 2.45) is 4.99 Å². The van der Waals surface area contributed by atoms with Crippen molar-refractivity contribution in [3.8, 4) is 11.5 Å². The molecule has 1 amide bonds. The van der Waals surface area contributed by atoms with E-state index in [0.717, 1.165) is 5.56 Å². The van der Waals surface area contributed by atoms with Crippen LogP contribution < -0.4 is 10.1 Å². The Kier molecular flexibility index (Phi) is 5.54. The Hall–Kier alpha value is -2.44. The number of para-hydroxylation sites is 1. The van der Waals surface area contributed by atoms with Crippen molar-refractivity contribution in [2.45, 2.75) is 13.8 Å². The van der Waals surface area contributed by atoms with Crippen LogP contribution >= 0.6 is 23.4 Å². The number of amidine groups is 1. The molecule has 1 saturated heterocycles. The number of thioether (sulfide) groups is 1. The van der Waals surface area contributed by atoms with E-state index in [9.17, 15) is 9.90 Å². The summed E-state index contributed by atoms with van der Waals surface area (Å²) in [6, 6.07) is 10.6. The fourth-order valence-electron chi connectivity index (χ4n) is 2.38. The lowest BCUT2D eigenvalue weighted by molar-refractivity contribution is -0.115. The lowest BCUT2D eigenvalue weighted by atomic mass is 10.1. The first-order chi connectivity index (χ1) is 12.5. The molecule has 1 aliphatic heterocycles. The molecule has 0 saturated carbocycles. The van der Waals surface area contributed by atoms with Gasteiger partial charge in [0.1, 0.15) is 0 Å². The topological polar surface area (TPSA) is 70.9 Å². The van der Waals surface area contributed by atoms with E-state index in [1.165, 1.54) is 11.8 Å². The van der Waals surface area contributed by atoms with Gasteiger partial charge in [0, 0.05) is 10.6 Å². The minimum absolute atomic E-state index is 0.00586. The predicted octanol–water partition coefficient (Wildman–Crippen LogP) is 4.64. The number of carbonyl (C=O) groups excluding carboxylic acids is 1. The molecule has 1 heterocycles. The SMILES string of the molecule is CCOc1cccc(/C=C2/SC(=Nc3cccc(Cl)c3C)NC2=O)c1O. The lowest BCUT2D eigenvalue weighted by Crippen LogP contribution is -2.19.